The first-order valence-electron chi connectivity index (χ1n) is 4.71. The van der Waals surface area contributed by atoms with Crippen LogP contribution in [0.25, 0.3) is 0 Å². The van der Waals surface area contributed by atoms with Gasteiger partial charge in [0, 0.05) is 0 Å². The van der Waals surface area contributed by atoms with E-state index in [0.29, 0.717) is 5.82 Å². The predicted octanol–water partition coefficient (Wildman–Crippen LogP) is 2.14. The Labute approximate surface area is 80.5 Å². The lowest BCUT2D eigenvalue weighted by atomic mass is 9.73. The Balaban J connectivity index is 2.31. The van der Waals surface area contributed by atoms with Crippen molar-refractivity contribution in [3.63, 3.8) is 0 Å². The fourth-order valence-electron chi connectivity index (χ4n) is 1.89. The number of rotatable bonds is 1. The van der Waals surface area contributed by atoms with Crippen LogP contribution in [0.1, 0.15) is 17.5 Å². The molecule has 13 heavy (non-hydrogen) atoms. The largest absolute Gasteiger partial charge is 0.497 e. The van der Waals surface area contributed by atoms with E-state index in [1.807, 2.05) is 6.07 Å². The van der Waals surface area contributed by atoms with E-state index in [1.165, 1.54) is 11.1 Å². The monoisotopic (exact) mass is 172 g/mol. The van der Waals surface area contributed by atoms with Crippen molar-refractivity contribution in [3.8, 4) is 5.75 Å². The predicted molar refractivity (Wildman–Crippen MR) is 54.5 cm³/mol. The van der Waals surface area contributed by atoms with Gasteiger partial charge in [-0.25, -0.2) is 0 Å². The summed E-state index contributed by atoms with van der Waals surface area (Å²) in [5.41, 5.74) is 2.79. The Morgan fingerprint density at radius 1 is 1.38 bits per heavy atom. The van der Waals surface area contributed by atoms with Crippen LogP contribution in [-0.2, 0) is 12.8 Å². The van der Waals surface area contributed by atoms with E-state index >= 15 is 0 Å². The van der Waals surface area contributed by atoms with Gasteiger partial charge in [-0.2, -0.15) is 0 Å². The quantitative estimate of drug-likeness (QED) is 0.589. The summed E-state index contributed by atoms with van der Waals surface area (Å²) >= 11 is 0. The van der Waals surface area contributed by atoms with E-state index in [0.717, 1.165) is 25.0 Å². The van der Waals surface area contributed by atoms with Crippen LogP contribution in [0.2, 0.25) is 5.82 Å². The highest BCUT2D eigenvalue weighted by atomic mass is 16.5. The fourth-order valence-corrected chi connectivity index (χ4v) is 1.89. The van der Waals surface area contributed by atoms with Crippen molar-refractivity contribution in [2.24, 2.45) is 0 Å². The summed E-state index contributed by atoms with van der Waals surface area (Å²) in [6.07, 6.45) is 3.20. The van der Waals surface area contributed by atoms with Crippen LogP contribution in [0.4, 0.5) is 0 Å². The third kappa shape index (κ3) is 1.72. The lowest BCUT2D eigenvalue weighted by Gasteiger charge is -2.21. The van der Waals surface area contributed by atoms with Crippen LogP contribution >= 0.6 is 0 Å². The van der Waals surface area contributed by atoms with Gasteiger partial charge in [0.05, 0.1) is 15.0 Å². The number of ether oxygens (including phenoxy) is 1. The molecular weight excluding hydrogens is 159 g/mol. The van der Waals surface area contributed by atoms with Gasteiger partial charge in [-0.1, -0.05) is 18.3 Å². The molecule has 1 atom stereocenters. The highest BCUT2D eigenvalue weighted by Gasteiger charge is 2.14. The molecule has 1 aromatic rings. The lowest BCUT2D eigenvalue weighted by Crippen LogP contribution is -2.09. The van der Waals surface area contributed by atoms with Crippen LogP contribution in [0.5, 0.6) is 5.75 Å². The summed E-state index contributed by atoms with van der Waals surface area (Å²) in [5.74, 6) is 1.30. The molecule has 2 radical (unpaired) electrons. The third-order valence-corrected chi connectivity index (χ3v) is 2.68. The number of aryl methyl sites for hydroxylation is 1. The van der Waals surface area contributed by atoms with Crippen molar-refractivity contribution in [3.05, 3.63) is 29.3 Å². The van der Waals surface area contributed by atoms with Crippen molar-refractivity contribution in [1.82, 2.24) is 0 Å². The summed E-state index contributed by atoms with van der Waals surface area (Å²) < 4.78 is 5.18. The minimum Gasteiger partial charge on any atom is -0.497 e. The maximum Gasteiger partial charge on any atom is 0.119 e. The number of benzene rings is 1. The van der Waals surface area contributed by atoms with Gasteiger partial charge in [-0.3, -0.25) is 0 Å². The second-order valence-electron chi connectivity index (χ2n) is 3.64. The molecule has 1 nitrogen and oxygen atoms in total. The number of hydrogen-bond donors (Lipinski definition) is 0. The second kappa shape index (κ2) is 3.45. The minimum absolute atomic E-state index is 0.348. The third-order valence-electron chi connectivity index (χ3n) is 2.68. The van der Waals surface area contributed by atoms with Gasteiger partial charge in [0.2, 0.25) is 0 Å². The Morgan fingerprint density at radius 2 is 2.23 bits per heavy atom. The second-order valence-corrected chi connectivity index (χ2v) is 3.64. The van der Waals surface area contributed by atoms with Gasteiger partial charge in [-0.15, -0.1) is 0 Å². The van der Waals surface area contributed by atoms with E-state index in [2.05, 4.69) is 12.1 Å². The molecule has 0 amide bonds. The molecule has 0 saturated heterocycles. The Bertz CT molecular complexity index is 309. The summed E-state index contributed by atoms with van der Waals surface area (Å²) in [4.78, 5) is 0. The molecule has 0 aromatic heterocycles. The van der Waals surface area contributed by atoms with Crippen LogP contribution < -0.4 is 4.74 Å². The molecule has 0 saturated carbocycles. The summed E-state index contributed by atoms with van der Waals surface area (Å²) in [6, 6.07) is 6.27. The van der Waals surface area contributed by atoms with E-state index in [1.54, 1.807) is 7.11 Å². The molecule has 0 heterocycles. The van der Waals surface area contributed by atoms with Crippen molar-refractivity contribution < 1.29 is 4.74 Å². The van der Waals surface area contributed by atoms with E-state index in [9.17, 15) is 0 Å². The summed E-state index contributed by atoms with van der Waals surface area (Å²) in [7, 11) is 7.59. The number of hydrogen-bond acceptors (Lipinski definition) is 1. The fraction of sp³-hybridized carbons (Fsp3) is 0.455. The van der Waals surface area contributed by atoms with Crippen molar-refractivity contribution in [2.45, 2.75) is 25.1 Å². The average Bonchev–Trinajstić information content (AvgIpc) is 2.17. The number of methoxy groups -OCH3 is 1. The van der Waals surface area contributed by atoms with Gasteiger partial charge in [-0.05, 0) is 36.1 Å². The molecule has 0 N–H and O–H groups in total. The first-order valence-corrected chi connectivity index (χ1v) is 4.71. The first kappa shape index (κ1) is 8.67. The van der Waals surface area contributed by atoms with Crippen LogP contribution in [0, 0.1) is 0 Å². The van der Waals surface area contributed by atoms with Gasteiger partial charge < -0.3 is 4.74 Å². The van der Waals surface area contributed by atoms with Gasteiger partial charge in [0.1, 0.15) is 5.75 Å². The SMILES string of the molecule is [B][C@H]1CCc2cc(OC)ccc2C1. The van der Waals surface area contributed by atoms with E-state index in [-0.39, 0.29) is 0 Å². The van der Waals surface area contributed by atoms with Crippen LogP contribution in [-0.4, -0.2) is 15.0 Å². The highest BCUT2D eigenvalue weighted by Crippen LogP contribution is 2.29. The normalized spacial score (nSPS) is 20.8. The van der Waals surface area contributed by atoms with Gasteiger partial charge in [0.15, 0.2) is 0 Å². The first-order chi connectivity index (χ1) is 6.29. The average molecular weight is 172 g/mol. The molecule has 1 aliphatic carbocycles. The maximum absolute atomic E-state index is 5.89. The molecule has 2 rings (SSSR count). The summed E-state index contributed by atoms with van der Waals surface area (Å²) in [5, 5.41) is 0. The number of fused-ring (bicyclic) bond motifs is 1. The van der Waals surface area contributed by atoms with Crippen molar-refractivity contribution >= 4 is 7.85 Å². The minimum atomic E-state index is 0.348. The zero-order valence-electron chi connectivity index (χ0n) is 7.92. The van der Waals surface area contributed by atoms with Crippen molar-refractivity contribution in [1.29, 1.82) is 0 Å². The zero-order chi connectivity index (χ0) is 9.26. The van der Waals surface area contributed by atoms with Crippen LogP contribution in [0.15, 0.2) is 18.2 Å². The van der Waals surface area contributed by atoms with E-state index in [4.69, 9.17) is 12.6 Å². The molecular formula is C11H13BO. The Morgan fingerprint density at radius 3 is 3.00 bits per heavy atom. The molecule has 2 heteroatoms. The maximum atomic E-state index is 5.89. The molecule has 0 fully saturated rings. The molecule has 0 spiro atoms. The van der Waals surface area contributed by atoms with E-state index < -0.39 is 0 Å². The van der Waals surface area contributed by atoms with Gasteiger partial charge >= 0.3 is 0 Å². The molecule has 0 bridgehead atoms. The molecule has 66 valence electrons. The zero-order valence-corrected chi connectivity index (χ0v) is 7.92. The molecule has 1 aromatic carbocycles. The Hall–Kier alpha value is -0.915. The summed E-state index contributed by atoms with van der Waals surface area (Å²) in [6.45, 7) is 0. The smallest absolute Gasteiger partial charge is 0.119 e. The lowest BCUT2D eigenvalue weighted by molar-refractivity contribution is 0.413. The van der Waals surface area contributed by atoms with Crippen molar-refractivity contribution in [2.75, 3.05) is 7.11 Å². The highest BCUT2D eigenvalue weighted by molar-refractivity contribution is 6.11. The standard InChI is InChI=1S/C11H13BO/c1-13-11-5-3-8-6-10(12)4-2-9(8)7-11/h3,5,7,10H,2,4,6H2,1H3/t10-/m0/s1. The molecule has 1 aliphatic rings. The topological polar surface area (TPSA) is 9.23 Å². The van der Waals surface area contributed by atoms with Crippen LogP contribution in [0.3, 0.4) is 0 Å². The Kier molecular flexibility index (Phi) is 2.30. The molecule has 0 unspecified atom stereocenters. The molecule has 0 aliphatic heterocycles. The van der Waals surface area contributed by atoms with Gasteiger partial charge in [0.25, 0.3) is 0 Å².